The predicted molar refractivity (Wildman–Crippen MR) is 129 cm³/mol. The van der Waals surface area contributed by atoms with Gasteiger partial charge in [-0.3, -0.25) is 0 Å². The molecule has 0 saturated carbocycles. The number of hydrogen-bond donors (Lipinski definition) is 0. The van der Waals surface area contributed by atoms with Crippen LogP contribution in [0.1, 0.15) is 25.3 Å². The van der Waals surface area contributed by atoms with Crippen molar-refractivity contribution in [1.29, 1.82) is 0 Å². The minimum atomic E-state index is -3.26. The van der Waals surface area contributed by atoms with Crippen LogP contribution in [0.2, 0.25) is 0 Å². The van der Waals surface area contributed by atoms with Gasteiger partial charge in [-0.2, -0.15) is 0 Å². The Hall–Kier alpha value is -2.83. The van der Waals surface area contributed by atoms with Crippen LogP contribution < -0.4 is 4.74 Å². The lowest BCUT2D eigenvalue weighted by molar-refractivity contribution is 0.555. The van der Waals surface area contributed by atoms with Crippen LogP contribution in [0.15, 0.2) is 105 Å². The maximum Gasteiger partial charge on any atom is 0.220 e. The summed E-state index contributed by atoms with van der Waals surface area (Å²) in [6.45, 7) is 4.30. The molecule has 0 unspecified atom stereocenters. The number of thioether (sulfide) groups is 1. The van der Waals surface area contributed by atoms with Gasteiger partial charge in [-0.1, -0.05) is 55.9 Å². The smallest absolute Gasteiger partial charge is 0.220 e. The number of hydrogen-bond acceptors (Lipinski definition) is 5. The van der Waals surface area contributed by atoms with Crippen molar-refractivity contribution in [2.45, 2.75) is 29.6 Å². The van der Waals surface area contributed by atoms with Crippen LogP contribution in [-0.2, 0) is 9.84 Å². The number of nitrogens with zero attached hydrogens (tertiary/aromatic N) is 1. The average molecular weight is 452 g/mol. The van der Waals surface area contributed by atoms with Crippen LogP contribution in [0.4, 0.5) is 5.69 Å². The van der Waals surface area contributed by atoms with Gasteiger partial charge in [0.1, 0.15) is 5.75 Å². The Kier molecular flexibility index (Phi) is 7.71. The third kappa shape index (κ3) is 7.12. The quantitative estimate of drug-likeness (QED) is 0.230. The molecule has 0 fully saturated rings. The van der Waals surface area contributed by atoms with Crippen molar-refractivity contribution in [1.82, 2.24) is 0 Å². The molecular weight excluding hydrogens is 426 g/mol. The van der Waals surface area contributed by atoms with Crippen molar-refractivity contribution in [3.05, 3.63) is 95.9 Å². The van der Waals surface area contributed by atoms with Gasteiger partial charge in [-0.25, -0.2) is 13.4 Å². The maximum absolute atomic E-state index is 11.7. The molecule has 0 amide bonds. The summed E-state index contributed by atoms with van der Waals surface area (Å²) < 4.78 is 29.3. The van der Waals surface area contributed by atoms with Crippen LogP contribution in [0, 0.1) is 0 Å². The van der Waals surface area contributed by atoms with Crippen LogP contribution >= 0.6 is 11.8 Å². The van der Waals surface area contributed by atoms with E-state index in [2.05, 4.69) is 31.0 Å². The highest BCUT2D eigenvalue weighted by Crippen LogP contribution is 2.22. The summed E-state index contributed by atoms with van der Waals surface area (Å²) in [7, 11) is -3.26. The monoisotopic (exact) mass is 451 g/mol. The van der Waals surface area contributed by atoms with Crippen molar-refractivity contribution in [2.75, 3.05) is 6.26 Å². The summed E-state index contributed by atoms with van der Waals surface area (Å²) >= 11 is 1.56. The second-order valence-electron chi connectivity index (χ2n) is 7.28. The van der Waals surface area contributed by atoms with Gasteiger partial charge in [-0.05, 0) is 65.4 Å². The normalized spacial score (nSPS) is 12.5. The standard InChI is InChI=1S/C25H25NO3S2/c1-19(2)20-9-11-21(12-10-20)26-25(17-18-30-23-7-5-4-6-8-23)29-22-13-15-24(16-14-22)31(3,27)28/h4-19H,1-3H3. The van der Waals surface area contributed by atoms with Gasteiger partial charge in [-0.15, -0.1) is 0 Å². The number of rotatable bonds is 7. The molecule has 31 heavy (non-hydrogen) atoms. The molecule has 0 saturated heterocycles. The average Bonchev–Trinajstić information content (AvgIpc) is 2.74. The third-order valence-corrected chi connectivity index (χ3v) is 6.38. The summed E-state index contributed by atoms with van der Waals surface area (Å²) in [6, 6.07) is 24.4. The summed E-state index contributed by atoms with van der Waals surface area (Å²) in [4.78, 5) is 5.99. The second kappa shape index (κ2) is 10.5. The van der Waals surface area contributed by atoms with E-state index >= 15 is 0 Å². The van der Waals surface area contributed by atoms with E-state index in [1.54, 1.807) is 30.0 Å². The van der Waals surface area contributed by atoms with Gasteiger partial charge >= 0.3 is 0 Å². The van der Waals surface area contributed by atoms with Crippen molar-refractivity contribution in [3.8, 4) is 5.75 Å². The third-order valence-electron chi connectivity index (χ3n) is 4.43. The molecule has 0 aliphatic heterocycles. The summed E-state index contributed by atoms with van der Waals surface area (Å²) in [5.74, 6) is 1.37. The van der Waals surface area contributed by atoms with E-state index in [9.17, 15) is 8.42 Å². The maximum atomic E-state index is 11.7. The number of sulfone groups is 1. The first kappa shape index (κ1) is 22.8. The summed E-state index contributed by atoms with van der Waals surface area (Å²) in [5, 5.41) is 1.92. The van der Waals surface area contributed by atoms with Gasteiger partial charge in [0.15, 0.2) is 9.84 Å². The first-order chi connectivity index (χ1) is 14.8. The zero-order valence-electron chi connectivity index (χ0n) is 17.7. The fourth-order valence-corrected chi connectivity index (χ4v) is 3.99. The van der Waals surface area contributed by atoms with E-state index < -0.39 is 9.84 Å². The number of benzene rings is 3. The summed E-state index contributed by atoms with van der Waals surface area (Å²) in [6.07, 6.45) is 2.98. The van der Waals surface area contributed by atoms with Gasteiger partial charge in [0, 0.05) is 17.2 Å². The molecule has 0 aromatic heterocycles. The predicted octanol–water partition coefficient (Wildman–Crippen LogP) is 6.63. The highest BCUT2D eigenvalue weighted by Gasteiger charge is 2.08. The van der Waals surface area contributed by atoms with E-state index in [0.717, 1.165) is 10.6 Å². The molecule has 0 radical (unpaired) electrons. The summed E-state index contributed by atoms with van der Waals surface area (Å²) in [5.41, 5.74) is 2.02. The molecule has 3 rings (SSSR count). The highest BCUT2D eigenvalue weighted by molar-refractivity contribution is 8.02. The van der Waals surface area contributed by atoms with Crippen LogP contribution in [0.5, 0.6) is 5.75 Å². The Bertz CT molecular complexity index is 1150. The van der Waals surface area contributed by atoms with Crippen molar-refractivity contribution in [2.24, 2.45) is 4.99 Å². The van der Waals surface area contributed by atoms with Crippen LogP contribution in [-0.4, -0.2) is 20.6 Å². The fraction of sp³-hybridized carbons (Fsp3) is 0.160. The Balaban J connectivity index is 1.84. The Morgan fingerprint density at radius 2 is 1.58 bits per heavy atom. The second-order valence-corrected chi connectivity index (χ2v) is 10.3. The molecule has 3 aromatic carbocycles. The van der Waals surface area contributed by atoms with E-state index in [1.165, 1.54) is 24.0 Å². The number of aliphatic imine (C=N–C) groups is 1. The van der Waals surface area contributed by atoms with E-state index in [0.29, 0.717) is 17.6 Å². The minimum absolute atomic E-state index is 0.248. The zero-order valence-corrected chi connectivity index (χ0v) is 19.4. The molecule has 0 aliphatic rings. The van der Waals surface area contributed by atoms with Crippen molar-refractivity contribution in [3.63, 3.8) is 0 Å². The molecule has 0 spiro atoms. The van der Waals surface area contributed by atoms with Crippen molar-refractivity contribution >= 4 is 33.2 Å². The molecule has 0 heterocycles. The lowest BCUT2D eigenvalue weighted by Crippen LogP contribution is -2.05. The van der Waals surface area contributed by atoms with Gasteiger partial charge in [0.25, 0.3) is 0 Å². The first-order valence-corrected chi connectivity index (χ1v) is 12.6. The van der Waals surface area contributed by atoms with Gasteiger partial charge in [0.2, 0.25) is 5.90 Å². The van der Waals surface area contributed by atoms with Crippen LogP contribution in [0.25, 0.3) is 0 Å². The zero-order chi connectivity index (χ0) is 22.3. The molecule has 160 valence electrons. The Labute approximate surface area is 188 Å². The molecule has 0 aliphatic carbocycles. The topological polar surface area (TPSA) is 55.7 Å². The molecule has 0 N–H and O–H groups in total. The van der Waals surface area contributed by atoms with E-state index in [4.69, 9.17) is 4.74 Å². The highest BCUT2D eigenvalue weighted by atomic mass is 32.2. The lowest BCUT2D eigenvalue weighted by Gasteiger charge is -2.08. The molecule has 0 atom stereocenters. The fourth-order valence-electron chi connectivity index (χ4n) is 2.70. The molecule has 3 aromatic rings. The Morgan fingerprint density at radius 3 is 2.16 bits per heavy atom. The molecular formula is C25H25NO3S2. The molecule has 4 nitrogen and oxygen atoms in total. The Morgan fingerprint density at radius 1 is 0.935 bits per heavy atom. The first-order valence-electron chi connectivity index (χ1n) is 9.86. The van der Waals surface area contributed by atoms with E-state index in [-0.39, 0.29) is 4.90 Å². The lowest BCUT2D eigenvalue weighted by atomic mass is 10.0. The van der Waals surface area contributed by atoms with Gasteiger partial charge in [0.05, 0.1) is 10.6 Å². The van der Waals surface area contributed by atoms with E-state index in [1.807, 2.05) is 47.9 Å². The van der Waals surface area contributed by atoms with Gasteiger partial charge < -0.3 is 4.74 Å². The van der Waals surface area contributed by atoms with Crippen molar-refractivity contribution < 1.29 is 13.2 Å². The molecule has 6 heteroatoms. The number of ether oxygens (including phenoxy) is 1. The minimum Gasteiger partial charge on any atom is -0.439 e. The largest absolute Gasteiger partial charge is 0.439 e. The SMILES string of the molecule is CC(C)c1ccc(N=C(C=CSc2ccccc2)Oc2ccc(S(C)(=O)=O)cc2)cc1. The molecule has 0 bridgehead atoms. The van der Waals surface area contributed by atoms with Crippen LogP contribution in [0.3, 0.4) is 0 Å².